The fraction of sp³-hybridized carbons (Fsp3) is 0.800. The molecule has 0 bridgehead atoms. The second-order valence-corrected chi connectivity index (χ2v) is 1.85. The van der Waals surface area contributed by atoms with Crippen molar-refractivity contribution in [3.05, 3.63) is 0 Å². The van der Waals surface area contributed by atoms with Gasteiger partial charge in [-0.05, 0) is 6.92 Å². The third-order valence-electron chi connectivity index (χ3n) is 1.32. The number of hydrogen-bond donors (Lipinski definition) is 1. The first-order valence-electron chi connectivity index (χ1n) is 2.67. The molecular formula is C5H9NO2. The molecule has 1 N–H and O–H groups in total. The topological polar surface area (TPSA) is 41.8 Å². The van der Waals surface area contributed by atoms with E-state index in [1.54, 1.807) is 0 Å². The summed E-state index contributed by atoms with van der Waals surface area (Å²) < 4.78 is 5.07. The molecule has 1 heterocycles. The maximum Gasteiger partial charge on any atom is 0.0962 e. The minimum atomic E-state index is 0.0278. The zero-order valence-electron chi connectivity index (χ0n) is 4.79. The smallest absolute Gasteiger partial charge is 0.0962 e. The van der Waals surface area contributed by atoms with Gasteiger partial charge in [0.1, 0.15) is 0 Å². The molecule has 3 heteroatoms. The second-order valence-electron chi connectivity index (χ2n) is 1.85. The summed E-state index contributed by atoms with van der Waals surface area (Å²) in [7, 11) is 0. The Hall–Kier alpha value is -0.570. The summed E-state index contributed by atoms with van der Waals surface area (Å²) in [6.45, 7) is 2.57. The Balaban J connectivity index is 2.55. The van der Waals surface area contributed by atoms with Gasteiger partial charge in [-0.2, -0.15) is 0 Å². The SMILES string of the molecule is C[C@H]1OCC/C1=N\O. The summed E-state index contributed by atoms with van der Waals surface area (Å²) in [6, 6.07) is 0. The second kappa shape index (κ2) is 2.13. The minimum Gasteiger partial charge on any atom is -0.411 e. The van der Waals surface area contributed by atoms with Crippen molar-refractivity contribution in [2.45, 2.75) is 19.4 Å². The molecule has 1 fully saturated rings. The van der Waals surface area contributed by atoms with Crippen LogP contribution in [0.25, 0.3) is 0 Å². The molecule has 0 amide bonds. The van der Waals surface area contributed by atoms with E-state index in [9.17, 15) is 0 Å². The van der Waals surface area contributed by atoms with Crippen LogP contribution in [0.5, 0.6) is 0 Å². The minimum absolute atomic E-state index is 0.0278. The van der Waals surface area contributed by atoms with E-state index in [1.807, 2.05) is 6.92 Å². The Labute approximate surface area is 48.0 Å². The average molecular weight is 115 g/mol. The molecule has 1 atom stereocenters. The summed E-state index contributed by atoms with van der Waals surface area (Å²) >= 11 is 0. The van der Waals surface area contributed by atoms with Crippen molar-refractivity contribution in [2.24, 2.45) is 5.16 Å². The van der Waals surface area contributed by atoms with Gasteiger partial charge < -0.3 is 9.94 Å². The Morgan fingerprint density at radius 1 is 1.88 bits per heavy atom. The van der Waals surface area contributed by atoms with Crippen LogP contribution >= 0.6 is 0 Å². The molecular weight excluding hydrogens is 106 g/mol. The van der Waals surface area contributed by atoms with Gasteiger partial charge in [-0.3, -0.25) is 0 Å². The van der Waals surface area contributed by atoms with Crippen molar-refractivity contribution in [1.29, 1.82) is 0 Å². The van der Waals surface area contributed by atoms with E-state index in [1.165, 1.54) is 0 Å². The predicted octanol–water partition coefficient (Wildman–Crippen LogP) is 0.625. The van der Waals surface area contributed by atoms with Crippen LogP contribution in [0, 0.1) is 0 Å². The molecule has 46 valence electrons. The lowest BCUT2D eigenvalue weighted by Gasteiger charge is -1.97. The molecule has 8 heavy (non-hydrogen) atoms. The first kappa shape index (κ1) is 5.56. The third-order valence-corrected chi connectivity index (χ3v) is 1.32. The predicted molar refractivity (Wildman–Crippen MR) is 29.3 cm³/mol. The summed E-state index contributed by atoms with van der Waals surface area (Å²) in [5.41, 5.74) is 0.755. The monoisotopic (exact) mass is 115 g/mol. The van der Waals surface area contributed by atoms with Gasteiger partial charge in [0.25, 0.3) is 0 Å². The van der Waals surface area contributed by atoms with Crippen molar-refractivity contribution in [2.75, 3.05) is 6.61 Å². The summed E-state index contributed by atoms with van der Waals surface area (Å²) in [5, 5.41) is 11.3. The van der Waals surface area contributed by atoms with Crippen molar-refractivity contribution in [1.82, 2.24) is 0 Å². The molecule has 0 unspecified atom stereocenters. The number of nitrogens with zero attached hydrogens (tertiary/aromatic N) is 1. The van der Waals surface area contributed by atoms with Gasteiger partial charge in [0.15, 0.2) is 0 Å². The molecule has 1 saturated heterocycles. The zero-order valence-corrected chi connectivity index (χ0v) is 4.79. The van der Waals surface area contributed by atoms with Gasteiger partial charge in [-0.15, -0.1) is 0 Å². The van der Waals surface area contributed by atoms with Crippen LogP contribution in [0.3, 0.4) is 0 Å². The van der Waals surface area contributed by atoms with Gasteiger partial charge in [0.05, 0.1) is 18.4 Å². The van der Waals surface area contributed by atoms with Gasteiger partial charge in [-0.1, -0.05) is 5.16 Å². The summed E-state index contributed by atoms with van der Waals surface area (Å²) in [6.07, 6.45) is 0.803. The third kappa shape index (κ3) is 0.816. The molecule has 3 nitrogen and oxygen atoms in total. The average Bonchev–Trinajstić information content (AvgIpc) is 2.14. The lowest BCUT2D eigenvalue weighted by molar-refractivity contribution is 0.144. The highest BCUT2D eigenvalue weighted by Crippen LogP contribution is 2.07. The lowest BCUT2D eigenvalue weighted by atomic mass is 10.2. The zero-order chi connectivity index (χ0) is 5.98. The molecule has 0 radical (unpaired) electrons. The Morgan fingerprint density at radius 2 is 2.62 bits per heavy atom. The van der Waals surface area contributed by atoms with E-state index in [2.05, 4.69) is 5.16 Å². The van der Waals surface area contributed by atoms with Gasteiger partial charge in [0.2, 0.25) is 0 Å². The van der Waals surface area contributed by atoms with E-state index in [-0.39, 0.29) is 6.10 Å². The molecule has 0 spiro atoms. The van der Waals surface area contributed by atoms with E-state index >= 15 is 0 Å². The molecule has 0 aromatic carbocycles. The molecule has 0 saturated carbocycles. The van der Waals surface area contributed by atoms with Crippen LogP contribution in [0.15, 0.2) is 5.16 Å². The van der Waals surface area contributed by atoms with Crippen LogP contribution in [0.2, 0.25) is 0 Å². The van der Waals surface area contributed by atoms with Crippen molar-refractivity contribution < 1.29 is 9.94 Å². The van der Waals surface area contributed by atoms with Crippen LogP contribution in [0.1, 0.15) is 13.3 Å². The molecule has 0 aromatic heterocycles. The number of oxime groups is 1. The first-order valence-corrected chi connectivity index (χ1v) is 2.67. The van der Waals surface area contributed by atoms with E-state index in [4.69, 9.17) is 9.94 Å². The van der Waals surface area contributed by atoms with Gasteiger partial charge >= 0.3 is 0 Å². The Bertz CT molecular complexity index is 111. The fourth-order valence-electron chi connectivity index (χ4n) is 0.771. The Morgan fingerprint density at radius 3 is 2.88 bits per heavy atom. The normalized spacial score (nSPS) is 34.1. The quantitative estimate of drug-likeness (QED) is 0.371. The number of rotatable bonds is 0. The first-order chi connectivity index (χ1) is 3.84. The Kier molecular flexibility index (Phi) is 1.48. The van der Waals surface area contributed by atoms with Crippen LogP contribution in [-0.4, -0.2) is 23.6 Å². The van der Waals surface area contributed by atoms with Crippen molar-refractivity contribution in [3.8, 4) is 0 Å². The fourth-order valence-corrected chi connectivity index (χ4v) is 0.771. The maximum atomic E-state index is 8.24. The maximum absolute atomic E-state index is 8.24. The molecule has 0 aromatic rings. The van der Waals surface area contributed by atoms with Gasteiger partial charge in [0, 0.05) is 6.42 Å². The van der Waals surface area contributed by atoms with Crippen LogP contribution < -0.4 is 0 Å². The standard InChI is InChI=1S/C5H9NO2/c1-4-5(6-7)2-3-8-4/h4,7H,2-3H2,1H3/b6-5+/t4-/m1/s1. The molecule has 1 rings (SSSR count). The van der Waals surface area contributed by atoms with Crippen LogP contribution in [-0.2, 0) is 4.74 Å². The van der Waals surface area contributed by atoms with E-state index in [0.29, 0.717) is 6.61 Å². The van der Waals surface area contributed by atoms with Crippen molar-refractivity contribution >= 4 is 5.71 Å². The number of ether oxygens (including phenoxy) is 1. The van der Waals surface area contributed by atoms with E-state index < -0.39 is 0 Å². The largest absolute Gasteiger partial charge is 0.411 e. The molecule has 1 aliphatic rings. The highest BCUT2D eigenvalue weighted by Gasteiger charge is 2.18. The summed E-state index contributed by atoms with van der Waals surface area (Å²) in [5.74, 6) is 0. The summed E-state index contributed by atoms with van der Waals surface area (Å²) in [4.78, 5) is 0. The van der Waals surface area contributed by atoms with Crippen LogP contribution in [0.4, 0.5) is 0 Å². The molecule has 0 aliphatic carbocycles. The van der Waals surface area contributed by atoms with Crippen molar-refractivity contribution in [3.63, 3.8) is 0 Å². The highest BCUT2D eigenvalue weighted by molar-refractivity contribution is 5.89. The van der Waals surface area contributed by atoms with Gasteiger partial charge in [-0.25, -0.2) is 0 Å². The van der Waals surface area contributed by atoms with E-state index in [0.717, 1.165) is 12.1 Å². The molecule has 1 aliphatic heterocycles. The number of hydrogen-bond acceptors (Lipinski definition) is 3. The highest BCUT2D eigenvalue weighted by atomic mass is 16.5. The lowest BCUT2D eigenvalue weighted by Crippen LogP contribution is -2.09.